The van der Waals surface area contributed by atoms with Gasteiger partial charge in [-0.1, -0.05) is 11.8 Å². The van der Waals surface area contributed by atoms with Crippen molar-refractivity contribution in [1.29, 1.82) is 0 Å². The van der Waals surface area contributed by atoms with Crippen molar-refractivity contribution in [1.82, 2.24) is 10.2 Å². The number of nitrogens with zero attached hydrogens (tertiary/aromatic N) is 3. The van der Waals surface area contributed by atoms with Crippen molar-refractivity contribution >= 4 is 34.8 Å². The topological polar surface area (TPSA) is 88.3 Å². The molecule has 1 unspecified atom stereocenters. The van der Waals surface area contributed by atoms with Gasteiger partial charge in [0.1, 0.15) is 0 Å². The van der Waals surface area contributed by atoms with Gasteiger partial charge in [0.15, 0.2) is 5.78 Å². The molecule has 1 atom stereocenters. The van der Waals surface area contributed by atoms with E-state index in [9.17, 15) is 9.59 Å². The molecule has 2 aromatic carbocycles. The van der Waals surface area contributed by atoms with Gasteiger partial charge in [0, 0.05) is 35.6 Å². The van der Waals surface area contributed by atoms with Crippen LogP contribution in [0.25, 0.3) is 11.5 Å². The summed E-state index contributed by atoms with van der Waals surface area (Å²) in [6, 6.07) is 14.8. The monoisotopic (exact) mass is 438 g/mol. The Morgan fingerprint density at radius 1 is 1.03 bits per heavy atom. The molecule has 0 aliphatic heterocycles. The largest absolute Gasteiger partial charge is 0.411 e. The van der Waals surface area contributed by atoms with Gasteiger partial charge in [-0.3, -0.25) is 9.59 Å². The highest BCUT2D eigenvalue weighted by molar-refractivity contribution is 8.00. The Balaban J connectivity index is 1.60. The highest BCUT2D eigenvalue weighted by Crippen LogP contribution is 2.28. The average molecular weight is 439 g/mol. The van der Waals surface area contributed by atoms with Crippen LogP contribution in [-0.2, 0) is 4.79 Å². The highest BCUT2D eigenvalue weighted by atomic mass is 32.2. The Bertz CT molecular complexity index is 1030. The molecule has 7 nitrogen and oxygen atoms in total. The molecule has 1 heterocycles. The molecular weight excluding hydrogens is 412 g/mol. The van der Waals surface area contributed by atoms with E-state index >= 15 is 0 Å². The Kier molecular flexibility index (Phi) is 7.46. The third-order valence-corrected chi connectivity index (χ3v) is 5.79. The highest BCUT2D eigenvalue weighted by Gasteiger charge is 2.19. The molecule has 1 amide bonds. The van der Waals surface area contributed by atoms with E-state index in [2.05, 4.69) is 34.3 Å². The molecule has 0 aliphatic rings. The molecule has 0 radical (unpaired) electrons. The molecule has 8 heteroatoms. The van der Waals surface area contributed by atoms with Crippen LogP contribution in [0, 0.1) is 0 Å². The van der Waals surface area contributed by atoms with E-state index in [0.29, 0.717) is 22.4 Å². The van der Waals surface area contributed by atoms with E-state index in [-0.39, 0.29) is 11.7 Å². The van der Waals surface area contributed by atoms with Crippen molar-refractivity contribution in [2.24, 2.45) is 0 Å². The first kappa shape index (κ1) is 22.6. The zero-order chi connectivity index (χ0) is 22.4. The van der Waals surface area contributed by atoms with Crippen molar-refractivity contribution in [3.05, 3.63) is 54.1 Å². The molecule has 0 fully saturated rings. The predicted octanol–water partition coefficient (Wildman–Crippen LogP) is 4.90. The van der Waals surface area contributed by atoms with Crippen LogP contribution in [0.3, 0.4) is 0 Å². The Labute approximate surface area is 186 Å². The Morgan fingerprint density at radius 3 is 2.26 bits per heavy atom. The molecule has 0 saturated heterocycles. The second-order valence-electron chi connectivity index (χ2n) is 6.98. The van der Waals surface area contributed by atoms with Gasteiger partial charge < -0.3 is 14.6 Å². The minimum atomic E-state index is -0.439. The molecule has 3 aromatic rings. The standard InChI is InChI=1S/C23H26N4O3S/c1-5-27(6-2)20-13-9-18(10-14-20)22-25-26-23(30-22)31-16(4)21(29)24-19-11-7-17(8-12-19)15(3)28/h7-14,16H,5-6H2,1-4H3,(H,24,29). The summed E-state index contributed by atoms with van der Waals surface area (Å²) in [4.78, 5) is 26.1. The lowest BCUT2D eigenvalue weighted by molar-refractivity contribution is -0.115. The maximum atomic E-state index is 12.5. The number of hydrogen-bond acceptors (Lipinski definition) is 7. The van der Waals surface area contributed by atoms with Crippen LogP contribution in [0.1, 0.15) is 38.1 Å². The number of ketones is 1. The van der Waals surface area contributed by atoms with E-state index < -0.39 is 5.25 Å². The SMILES string of the molecule is CCN(CC)c1ccc(-c2nnc(SC(C)C(=O)Nc3ccc(C(C)=O)cc3)o2)cc1. The summed E-state index contributed by atoms with van der Waals surface area (Å²) in [5.74, 6) is 0.210. The van der Waals surface area contributed by atoms with Crippen LogP contribution in [0.15, 0.2) is 58.2 Å². The van der Waals surface area contributed by atoms with Crippen LogP contribution >= 0.6 is 11.8 Å². The van der Waals surface area contributed by atoms with Gasteiger partial charge in [-0.15, -0.1) is 10.2 Å². The zero-order valence-electron chi connectivity index (χ0n) is 18.1. The maximum absolute atomic E-state index is 12.5. The van der Waals surface area contributed by atoms with E-state index in [1.165, 1.54) is 18.7 Å². The average Bonchev–Trinajstić information content (AvgIpc) is 3.24. The van der Waals surface area contributed by atoms with E-state index in [4.69, 9.17) is 4.42 Å². The number of aromatic nitrogens is 2. The minimum absolute atomic E-state index is 0.0170. The third-order valence-electron chi connectivity index (χ3n) is 4.86. The summed E-state index contributed by atoms with van der Waals surface area (Å²) in [6.45, 7) is 9.40. The number of thioether (sulfide) groups is 1. The second kappa shape index (κ2) is 10.3. The number of anilines is 2. The molecule has 1 aromatic heterocycles. The number of rotatable bonds is 9. The van der Waals surface area contributed by atoms with Crippen molar-refractivity contribution < 1.29 is 14.0 Å². The number of hydrogen-bond donors (Lipinski definition) is 1. The maximum Gasteiger partial charge on any atom is 0.277 e. The first-order chi connectivity index (χ1) is 14.9. The predicted molar refractivity (Wildman–Crippen MR) is 124 cm³/mol. The second-order valence-corrected chi connectivity index (χ2v) is 8.27. The first-order valence-electron chi connectivity index (χ1n) is 10.2. The zero-order valence-corrected chi connectivity index (χ0v) is 18.9. The number of carbonyl (C=O) groups excluding carboxylic acids is 2. The normalized spacial score (nSPS) is 11.7. The molecule has 1 N–H and O–H groups in total. The number of nitrogens with one attached hydrogen (secondary N) is 1. The lowest BCUT2D eigenvalue weighted by Gasteiger charge is -2.20. The Morgan fingerprint density at radius 2 is 1.68 bits per heavy atom. The smallest absolute Gasteiger partial charge is 0.277 e. The lowest BCUT2D eigenvalue weighted by atomic mass is 10.1. The van der Waals surface area contributed by atoms with Crippen molar-refractivity contribution in [3.63, 3.8) is 0 Å². The van der Waals surface area contributed by atoms with Crippen molar-refractivity contribution in [3.8, 4) is 11.5 Å². The summed E-state index contributed by atoms with van der Waals surface area (Å²) < 4.78 is 5.75. The molecule has 0 bridgehead atoms. The number of carbonyl (C=O) groups is 2. The summed E-state index contributed by atoms with van der Waals surface area (Å²) in [7, 11) is 0. The fourth-order valence-electron chi connectivity index (χ4n) is 3.01. The van der Waals surface area contributed by atoms with E-state index in [1.807, 2.05) is 24.3 Å². The van der Waals surface area contributed by atoms with E-state index in [0.717, 1.165) is 24.3 Å². The van der Waals surface area contributed by atoms with Crippen LogP contribution < -0.4 is 10.2 Å². The summed E-state index contributed by atoms with van der Waals surface area (Å²) in [5, 5.41) is 10.9. The van der Waals surface area contributed by atoms with Gasteiger partial charge in [0.25, 0.3) is 5.22 Å². The van der Waals surface area contributed by atoms with Gasteiger partial charge in [-0.25, -0.2) is 0 Å². The quantitative estimate of drug-likeness (QED) is 0.375. The molecule has 31 heavy (non-hydrogen) atoms. The summed E-state index contributed by atoms with van der Waals surface area (Å²) >= 11 is 1.20. The van der Waals surface area contributed by atoms with Crippen molar-refractivity contribution in [2.45, 2.75) is 38.2 Å². The van der Waals surface area contributed by atoms with Crippen LogP contribution in [0.2, 0.25) is 0 Å². The number of benzene rings is 2. The van der Waals surface area contributed by atoms with Crippen LogP contribution in [0.4, 0.5) is 11.4 Å². The molecular formula is C23H26N4O3S. The van der Waals surface area contributed by atoms with Crippen molar-refractivity contribution in [2.75, 3.05) is 23.3 Å². The van der Waals surface area contributed by atoms with Gasteiger partial charge in [0.05, 0.1) is 5.25 Å². The number of Topliss-reactive ketones (excluding diaryl/α,β-unsaturated/α-hetero) is 1. The number of amides is 1. The fourth-order valence-corrected chi connectivity index (χ4v) is 3.70. The third kappa shape index (κ3) is 5.73. The summed E-state index contributed by atoms with van der Waals surface area (Å²) in [6.07, 6.45) is 0. The Hall–Kier alpha value is -3.13. The molecule has 162 valence electrons. The molecule has 3 rings (SSSR count). The van der Waals surface area contributed by atoms with Gasteiger partial charge in [-0.05, 0) is 76.2 Å². The summed E-state index contributed by atoms with van der Waals surface area (Å²) in [5.41, 5.74) is 3.20. The first-order valence-corrected chi connectivity index (χ1v) is 11.1. The molecule has 0 spiro atoms. The lowest BCUT2D eigenvalue weighted by Crippen LogP contribution is -2.22. The molecule has 0 saturated carbocycles. The van der Waals surface area contributed by atoms with Gasteiger partial charge in [-0.2, -0.15) is 0 Å². The fraction of sp³-hybridized carbons (Fsp3) is 0.304. The van der Waals surface area contributed by atoms with E-state index in [1.54, 1.807) is 31.2 Å². The minimum Gasteiger partial charge on any atom is -0.411 e. The van der Waals surface area contributed by atoms with Crippen LogP contribution in [-0.4, -0.2) is 40.2 Å². The molecule has 0 aliphatic carbocycles. The van der Waals surface area contributed by atoms with Gasteiger partial charge in [0.2, 0.25) is 11.8 Å². The van der Waals surface area contributed by atoms with Gasteiger partial charge >= 0.3 is 0 Å². The van der Waals surface area contributed by atoms with Crippen LogP contribution in [0.5, 0.6) is 0 Å².